The number of para-hydroxylation sites is 3. The zero-order chi connectivity index (χ0) is 49.1. The number of nitrogens with zero attached hydrogens (tertiary/aromatic N) is 5. The van der Waals surface area contributed by atoms with E-state index in [0.29, 0.717) is 0 Å². The normalized spacial score (nSPS) is 12.0. The molecule has 0 fully saturated rings. The first kappa shape index (κ1) is 41.5. The molecule has 5 nitrogen and oxygen atoms in total. The number of hydrogen-bond acceptors (Lipinski definition) is 2. The van der Waals surface area contributed by atoms with Crippen molar-refractivity contribution in [3.8, 4) is 50.4 Å². The number of benzene rings is 12. The molecule has 12 aromatic carbocycles. The van der Waals surface area contributed by atoms with Crippen LogP contribution in [-0.4, -0.2) is 23.7 Å². The molecule has 0 radical (unpaired) electrons. The van der Waals surface area contributed by atoms with Crippen molar-refractivity contribution in [3.05, 3.63) is 261 Å². The molecule has 16 rings (SSSR count). The smallest absolute Gasteiger partial charge is 0.116 e. The maximum absolute atomic E-state index is 4.90. The van der Waals surface area contributed by atoms with Gasteiger partial charge in [-0.3, -0.25) is 0 Å². The highest BCUT2D eigenvalue weighted by Gasteiger charge is 2.27. The van der Waals surface area contributed by atoms with Crippen molar-refractivity contribution >= 4 is 97.9 Å². The number of rotatable bonds is 6. The molecule has 0 unspecified atom stereocenters. The summed E-state index contributed by atoms with van der Waals surface area (Å²) in [4.78, 5) is 9.40. The number of hydrogen-bond donors (Lipinski definition) is 0. The van der Waals surface area contributed by atoms with Crippen LogP contribution in [-0.2, 0) is 0 Å². The molecule has 0 N–H and O–H groups in total. The molecular formula is C70H43N5. The van der Waals surface area contributed by atoms with Gasteiger partial charge in [-0.15, -0.1) is 0 Å². The first-order valence-corrected chi connectivity index (χ1v) is 25.6. The fourth-order valence-corrected chi connectivity index (χ4v) is 12.5. The lowest BCUT2D eigenvalue weighted by atomic mass is 9.96. The van der Waals surface area contributed by atoms with Crippen LogP contribution >= 0.6 is 0 Å². The van der Waals surface area contributed by atoms with Crippen molar-refractivity contribution in [2.45, 2.75) is 0 Å². The molecule has 0 spiro atoms. The second kappa shape index (κ2) is 16.2. The van der Waals surface area contributed by atoms with Gasteiger partial charge in [0.2, 0.25) is 0 Å². The highest BCUT2D eigenvalue weighted by atomic mass is 15.0. The van der Waals surface area contributed by atoms with E-state index in [0.717, 1.165) is 61.3 Å². The molecule has 0 atom stereocenters. The molecule has 0 aliphatic rings. The Kier molecular flexibility index (Phi) is 8.97. The fourth-order valence-electron chi connectivity index (χ4n) is 12.5. The van der Waals surface area contributed by atoms with Gasteiger partial charge in [-0.1, -0.05) is 188 Å². The molecule has 4 heterocycles. The van der Waals surface area contributed by atoms with Gasteiger partial charge in [-0.25, -0.2) is 9.97 Å². The van der Waals surface area contributed by atoms with Crippen molar-refractivity contribution in [1.82, 2.24) is 23.7 Å². The lowest BCUT2D eigenvalue weighted by molar-refractivity contribution is 1.14. The summed E-state index contributed by atoms with van der Waals surface area (Å²) in [6, 6.07) is 91.4. The Bertz CT molecular complexity index is 5000. The average molecular weight is 954 g/mol. The molecule has 0 aliphatic carbocycles. The van der Waals surface area contributed by atoms with Gasteiger partial charge in [-0.05, 0) is 105 Å². The third-order valence-electron chi connectivity index (χ3n) is 15.7. The summed E-state index contributed by atoms with van der Waals surface area (Å²) < 4.78 is 7.41. The predicted molar refractivity (Wildman–Crippen MR) is 314 cm³/mol. The summed E-state index contributed by atoms with van der Waals surface area (Å²) in [5.74, 6) is 0. The van der Waals surface area contributed by atoms with Crippen LogP contribution in [0.3, 0.4) is 0 Å². The van der Waals surface area contributed by atoms with Crippen molar-refractivity contribution in [2.24, 2.45) is 0 Å². The van der Waals surface area contributed by atoms with Gasteiger partial charge in [0, 0.05) is 60.0 Å². The van der Waals surface area contributed by atoms with Gasteiger partial charge < -0.3 is 13.7 Å². The van der Waals surface area contributed by atoms with Crippen LogP contribution in [0.15, 0.2) is 261 Å². The van der Waals surface area contributed by atoms with E-state index in [1.165, 1.54) is 87.1 Å². The van der Waals surface area contributed by atoms with Gasteiger partial charge in [0.05, 0.1) is 50.5 Å². The largest absolute Gasteiger partial charge is 0.308 e. The maximum atomic E-state index is 4.90. The monoisotopic (exact) mass is 953 g/mol. The maximum Gasteiger partial charge on any atom is 0.116 e. The van der Waals surface area contributed by atoms with Gasteiger partial charge >= 0.3 is 0 Å². The van der Waals surface area contributed by atoms with E-state index in [2.05, 4.69) is 267 Å². The van der Waals surface area contributed by atoms with Gasteiger partial charge in [-0.2, -0.15) is 0 Å². The first-order valence-electron chi connectivity index (χ1n) is 25.6. The fraction of sp³-hybridized carbons (Fsp3) is 0. The minimum Gasteiger partial charge on any atom is -0.308 e. The van der Waals surface area contributed by atoms with E-state index in [-0.39, 0.29) is 0 Å². The van der Waals surface area contributed by atoms with E-state index < -0.39 is 0 Å². The summed E-state index contributed by atoms with van der Waals surface area (Å²) >= 11 is 0. The molecule has 75 heavy (non-hydrogen) atoms. The second-order valence-corrected chi connectivity index (χ2v) is 19.7. The Hall–Kier alpha value is -10.1. The van der Waals surface area contributed by atoms with Crippen molar-refractivity contribution in [3.63, 3.8) is 0 Å². The van der Waals surface area contributed by atoms with Gasteiger partial charge in [0.1, 0.15) is 6.33 Å². The minimum atomic E-state index is 0.925. The Morgan fingerprint density at radius 1 is 0.293 bits per heavy atom. The van der Waals surface area contributed by atoms with Crippen molar-refractivity contribution in [2.75, 3.05) is 0 Å². The Labute approximate surface area is 431 Å². The van der Waals surface area contributed by atoms with Crippen LogP contribution in [0, 0.1) is 0 Å². The molecule has 0 amide bonds. The molecule has 5 heteroatoms. The number of aromatic nitrogens is 5. The van der Waals surface area contributed by atoms with Crippen LogP contribution in [0.1, 0.15) is 0 Å². The Morgan fingerprint density at radius 3 is 1.73 bits per heavy atom. The lowest BCUT2D eigenvalue weighted by Gasteiger charge is -2.17. The third-order valence-corrected chi connectivity index (χ3v) is 15.7. The molecule has 0 saturated carbocycles. The Morgan fingerprint density at radius 2 is 0.907 bits per heavy atom. The molecule has 0 saturated heterocycles. The van der Waals surface area contributed by atoms with Crippen molar-refractivity contribution in [1.29, 1.82) is 0 Å². The van der Waals surface area contributed by atoms with E-state index in [9.17, 15) is 0 Å². The topological polar surface area (TPSA) is 40.6 Å². The van der Waals surface area contributed by atoms with E-state index in [1.807, 2.05) is 6.20 Å². The lowest BCUT2D eigenvalue weighted by Crippen LogP contribution is -1.99. The summed E-state index contributed by atoms with van der Waals surface area (Å²) in [7, 11) is 0. The van der Waals surface area contributed by atoms with E-state index in [1.54, 1.807) is 6.33 Å². The third kappa shape index (κ3) is 6.19. The molecule has 16 aromatic rings. The summed E-state index contributed by atoms with van der Waals surface area (Å²) in [6.45, 7) is 0. The van der Waals surface area contributed by atoms with Crippen LogP contribution in [0.2, 0.25) is 0 Å². The minimum absolute atomic E-state index is 0.925. The molecule has 348 valence electrons. The summed E-state index contributed by atoms with van der Waals surface area (Å²) in [5.41, 5.74) is 17.9. The molecule has 0 aliphatic heterocycles. The summed E-state index contributed by atoms with van der Waals surface area (Å²) in [5, 5.41) is 13.2. The van der Waals surface area contributed by atoms with Crippen LogP contribution in [0.5, 0.6) is 0 Å². The number of fused-ring (bicyclic) bond motifs is 16. The summed E-state index contributed by atoms with van der Waals surface area (Å²) in [6.07, 6.45) is 3.59. The molecular weight excluding hydrogens is 911 g/mol. The highest BCUT2D eigenvalue weighted by Crippen LogP contribution is 2.50. The predicted octanol–water partition coefficient (Wildman–Crippen LogP) is 18.2. The first-order chi connectivity index (χ1) is 37.2. The van der Waals surface area contributed by atoms with Crippen LogP contribution in [0.25, 0.3) is 148 Å². The molecule has 0 bridgehead atoms. The molecule has 4 aromatic heterocycles. The average Bonchev–Trinajstić information content (AvgIpc) is 4.21. The highest BCUT2D eigenvalue weighted by molar-refractivity contribution is 6.39. The van der Waals surface area contributed by atoms with E-state index >= 15 is 0 Å². The zero-order valence-corrected chi connectivity index (χ0v) is 40.6. The van der Waals surface area contributed by atoms with Gasteiger partial charge in [0.25, 0.3) is 0 Å². The Balaban J connectivity index is 1.03. The van der Waals surface area contributed by atoms with Crippen LogP contribution < -0.4 is 0 Å². The van der Waals surface area contributed by atoms with Crippen molar-refractivity contribution < 1.29 is 0 Å². The SMILES string of the molecule is c1ccc(-c2cc(-c3ccc4c(c3)c3ncncc3n4-c3ccccc3)cc(-n3c4c5ccccc5ccc4c4c5c6ccccc6n(-c6ccccc6-c6ccc7ccccc7c6)c5c5ccccc5c43)c2)cc1. The zero-order valence-electron chi connectivity index (χ0n) is 40.6. The quantitative estimate of drug-likeness (QED) is 0.167. The standard InChI is InChI=1S/C70H43N5/c1-3-17-44(18-4-1)50-38-51(48-34-36-63-60(41-48)67-64(42-71-43-72-67)73(63)52-22-5-2-6-23-52)40-53(39-50)74-68-55-25-10-9-20-46(55)33-35-59(68)66-65-58-28-14-16-30-62(58)75(70(65)57-27-12-11-26-56(57)69(66)74)61-29-15-13-24-54(61)49-32-31-45-19-7-8-21-47(45)37-49/h1-43H. The van der Waals surface area contributed by atoms with Crippen LogP contribution in [0.4, 0.5) is 0 Å². The second-order valence-electron chi connectivity index (χ2n) is 19.7. The van der Waals surface area contributed by atoms with E-state index in [4.69, 9.17) is 4.98 Å². The van der Waals surface area contributed by atoms with Gasteiger partial charge in [0.15, 0.2) is 0 Å².